The Balaban J connectivity index is 2.07. The van der Waals surface area contributed by atoms with Crippen molar-refractivity contribution in [3.05, 3.63) is 46.7 Å². The zero-order valence-electron chi connectivity index (χ0n) is 12.1. The minimum atomic E-state index is -0.00705. The number of hydrogen-bond donors (Lipinski definition) is 1. The van der Waals surface area contributed by atoms with Crippen LogP contribution in [0.25, 0.3) is 28.3 Å². The van der Waals surface area contributed by atoms with Gasteiger partial charge in [-0.3, -0.25) is 9.20 Å². The van der Waals surface area contributed by atoms with E-state index >= 15 is 0 Å². The molecule has 4 rings (SSSR count). The molecule has 110 valence electrons. The third-order valence-corrected chi connectivity index (χ3v) is 3.64. The van der Waals surface area contributed by atoms with Crippen molar-refractivity contribution in [2.45, 2.75) is 19.8 Å². The summed E-state index contributed by atoms with van der Waals surface area (Å²) in [6.07, 6.45) is 3.04. The zero-order chi connectivity index (χ0) is 15.3. The van der Waals surface area contributed by atoms with Crippen LogP contribution < -0.4 is 5.43 Å². The van der Waals surface area contributed by atoms with E-state index in [0.29, 0.717) is 28.3 Å². The van der Waals surface area contributed by atoms with Crippen molar-refractivity contribution >= 4 is 16.7 Å². The highest BCUT2D eigenvalue weighted by Crippen LogP contribution is 2.20. The van der Waals surface area contributed by atoms with Crippen LogP contribution in [0.3, 0.4) is 0 Å². The fourth-order valence-electron chi connectivity index (χ4n) is 2.47. The molecule has 0 aromatic carbocycles. The van der Waals surface area contributed by atoms with Crippen molar-refractivity contribution in [3.63, 3.8) is 0 Å². The summed E-state index contributed by atoms with van der Waals surface area (Å²) < 4.78 is 7.01. The average Bonchev–Trinajstić information content (AvgIpc) is 3.15. The van der Waals surface area contributed by atoms with Crippen LogP contribution in [-0.2, 0) is 0 Å². The molecule has 0 saturated carbocycles. The summed E-state index contributed by atoms with van der Waals surface area (Å²) >= 11 is 0. The lowest BCUT2D eigenvalue weighted by Gasteiger charge is -2.08. The molecule has 0 spiro atoms. The standard InChI is InChI=1S/C15H13N5O2/c1-8(2)10-5-12(21)9-3-4-13-17-11(15-19-16-7-22-15)6-20(13)14(9)18-10/h3-8H,1-2H3,(H,18,21). The summed E-state index contributed by atoms with van der Waals surface area (Å²) in [4.78, 5) is 20.1. The first-order valence-corrected chi connectivity index (χ1v) is 6.95. The minimum Gasteiger partial charge on any atom is -0.422 e. The largest absolute Gasteiger partial charge is 0.422 e. The molecule has 4 heterocycles. The van der Waals surface area contributed by atoms with Gasteiger partial charge in [0.2, 0.25) is 6.39 Å². The lowest BCUT2D eigenvalue weighted by molar-refractivity contribution is 0.567. The number of pyridine rings is 2. The number of nitrogens with one attached hydrogen (secondary N) is 1. The first kappa shape index (κ1) is 12.8. The SMILES string of the molecule is CC(C)c1cc(=O)c2ccc3nc(-c4nnco4)cn3c2[nH]1. The molecule has 4 aromatic rings. The summed E-state index contributed by atoms with van der Waals surface area (Å²) in [6, 6.07) is 5.22. The fraction of sp³-hybridized carbons (Fsp3) is 0.200. The van der Waals surface area contributed by atoms with Crippen LogP contribution in [0.4, 0.5) is 0 Å². The Bertz CT molecular complexity index is 1030. The maximum atomic E-state index is 12.3. The number of nitrogens with zero attached hydrogens (tertiary/aromatic N) is 4. The van der Waals surface area contributed by atoms with Gasteiger partial charge in [0.15, 0.2) is 5.43 Å². The fourth-order valence-corrected chi connectivity index (χ4v) is 2.47. The van der Waals surface area contributed by atoms with Crippen LogP contribution in [0, 0.1) is 0 Å². The Morgan fingerprint density at radius 1 is 1.32 bits per heavy atom. The van der Waals surface area contributed by atoms with Gasteiger partial charge in [-0.1, -0.05) is 13.8 Å². The summed E-state index contributed by atoms with van der Waals surface area (Å²) in [6.45, 7) is 4.07. The van der Waals surface area contributed by atoms with Crippen LogP contribution in [0.5, 0.6) is 0 Å². The number of hydrogen-bond acceptors (Lipinski definition) is 5. The van der Waals surface area contributed by atoms with Gasteiger partial charge in [-0.25, -0.2) is 4.98 Å². The van der Waals surface area contributed by atoms with E-state index in [2.05, 4.69) is 20.2 Å². The first-order chi connectivity index (χ1) is 10.6. The second-order valence-corrected chi connectivity index (χ2v) is 5.44. The number of aromatic amines is 1. The predicted molar refractivity (Wildman–Crippen MR) is 80.7 cm³/mol. The van der Waals surface area contributed by atoms with Crippen LogP contribution >= 0.6 is 0 Å². The predicted octanol–water partition coefficient (Wildman–Crippen LogP) is 2.35. The van der Waals surface area contributed by atoms with Crippen LogP contribution in [-0.4, -0.2) is 24.6 Å². The Labute approximate surface area is 124 Å². The lowest BCUT2D eigenvalue weighted by atomic mass is 10.1. The van der Waals surface area contributed by atoms with E-state index in [0.717, 1.165) is 5.69 Å². The molecule has 0 radical (unpaired) electrons. The van der Waals surface area contributed by atoms with Gasteiger partial charge in [-0.2, -0.15) is 0 Å². The van der Waals surface area contributed by atoms with Gasteiger partial charge in [0.25, 0.3) is 5.89 Å². The lowest BCUT2D eigenvalue weighted by Crippen LogP contribution is -2.08. The van der Waals surface area contributed by atoms with E-state index in [1.807, 2.05) is 18.2 Å². The summed E-state index contributed by atoms with van der Waals surface area (Å²) in [5, 5.41) is 8.14. The molecule has 0 saturated heterocycles. The monoisotopic (exact) mass is 295 g/mol. The van der Waals surface area contributed by atoms with E-state index in [1.165, 1.54) is 6.39 Å². The average molecular weight is 295 g/mol. The number of rotatable bonds is 2. The molecule has 0 amide bonds. The minimum absolute atomic E-state index is 0.00705. The molecular weight excluding hydrogens is 282 g/mol. The van der Waals surface area contributed by atoms with Crippen molar-refractivity contribution < 1.29 is 4.42 Å². The van der Waals surface area contributed by atoms with Crippen molar-refractivity contribution in [2.24, 2.45) is 0 Å². The highest BCUT2D eigenvalue weighted by Gasteiger charge is 2.13. The zero-order valence-corrected chi connectivity index (χ0v) is 12.1. The van der Waals surface area contributed by atoms with E-state index in [1.54, 1.807) is 24.4 Å². The molecule has 4 aromatic heterocycles. The van der Waals surface area contributed by atoms with Crippen molar-refractivity contribution in [3.8, 4) is 11.6 Å². The normalized spacial score (nSPS) is 11.8. The first-order valence-electron chi connectivity index (χ1n) is 6.95. The molecule has 0 fully saturated rings. The van der Waals surface area contributed by atoms with Gasteiger partial charge in [-0.05, 0) is 18.1 Å². The van der Waals surface area contributed by atoms with E-state index in [4.69, 9.17) is 4.42 Å². The number of aromatic nitrogens is 5. The number of fused-ring (bicyclic) bond motifs is 3. The summed E-state index contributed by atoms with van der Waals surface area (Å²) in [5.41, 5.74) is 2.87. The molecule has 22 heavy (non-hydrogen) atoms. The highest BCUT2D eigenvalue weighted by molar-refractivity contribution is 5.79. The van der Waals surface area contributed by atoms with Gasteiger partial charge in [0, 0.05) is 18.0 Å². The molecule has 7 heteroatoms. The van der Waals surface area contributed by atoms with Crippen LogP contribution in [0.2, 0.25) is 0 Å². The molecule has 0 aliphatic heterocycles. The van der Waals surface area contributed by atoms with Crippen molar-refractivity contribution in [1.29, 1.82) is 0 Å². The second-order valence-electron chi connectivity index (χ2n) is 5.44. The van der Waals surface area contributed by atoms with E-state index in [9.17, 15) is 4.79 Å². The van der Waals surface area contributed by atoms with Gasteiger partial charge in [0.05, 0.1) is 5.39 Å². The Kier molecular flexibility index (Phi) is 2.62. The maximum Gasteiger partial charge on any atom is 0.267 e. The van der Waals surface area contributed by atoms with Gasteiger partial charge >= 0.3 is 0 Å². The van der Waals surface area contributed by atoms with Crippen molar-refractivity contribution in [2.75, 3.05) is 0 Å². The Morgan fingerprint density at radius 2 is 2.18 bits per heavy atom. The second kappa shape index (κ2) is 4.52. The van der Waals surface area contributed by atoms with Crippen LogP contribution in [0.1, 0.15) is 25.5 Å². The molecule has 0 bridgehead atoms. The molecule has 0 unspecified atom stereocenters. The summed E-state index contributed by atoms with van der Waals surface area (Å²) in [7, 11) is 0. The Morgan fingerprint density at radius 3 is 2.91 bits per heavy atom. The molecular formula is C15H13N5O2. The van der Waals surface area contributed by atoms with Crippen LogP contribution in [0.15, 0.2) is 40.0 Å². The van der Waals surface area contributed by atoms with Crippen molar-refractivity contribution in [1.82, 2.24) is 24.6 Å². The van der Waals surface area contributed by atoms with E-state index < -0.39 is 0 Å². The summed E-state index contributed by atoms with van der Waals surface area (Å²) in [5.74, 6) is 0.575. The smallest absolute Gasteiger partial charge is 0.267 e. The third-order valence-electron chi connectivity index (χ3n) is 3.64. The van der Waals surface area contributed by atoms with E-state index in [-0.39, 0.29) is 11.3 Å². The maximum absolute atomic E-state index is 12.3. The molecule has 0 atom stereocenters. The highest BCUT2D eigenvalue weighted by atomic mass is 16.4. The van der Waals surface area contributed by atoms with Gasteiger partial charge in [-0.15, -0.1) is 10.2 Å². The molecule has 1 N–H and O–H groups in total. The van der Waals surface area contributed by atoms with Gasteiger partial charge in [0.1, 0.15) is 17.0 Å². The molecule has 7 nitrogen and oxygen atoms in total. The molecule has 0 aliphatic rings. The number of imidazole rings is 1. The molecule has 0 aliphatic carbocycles. The quantitative estimate of drug-likeness (QED) is 0.613. The Hall–Kier alpha value is -2.96. The number of H-pyrrole nitrogens is 1. The third kappa shape index (κ3) is 1.82. The topological polar surface area (TPSA) is 89.1 Å². The van der Waals surface area contributed by atoms with Gasteiger partial charge < -0.3 is 9.40 Å².